The molecular weight excluding hydrogens is 226 g/mol. The molecule has 0 unspecified atom stereocenters. The fourth-order valence-corrected chi connectivity index (χ4v) is 1.29. The molecule has 90 valence electrons. The van der Waals surface area contributed by atoms with Gasteiger partial charge in [-0.25, -0.2) is 4.39 Å². The van der Waals surface area contributed by atoms with Crippen LogP contribution < -0.4 is 5.73 Å². The Morgan fingerprint density at radius 3 is 2.38 bits per heavy atom. The lowest BCUT2D eigenvalue weighted by Gasteiger charge is -2.12. The van der Waals surface area contributed by atoms with Crippen LogP contribution >= 0.6 is 0 Å². The van der Waals surface area contributed by atoms with E-state index in [1.807, 2.05) is 0 Å². The zero-order valence-corrected chi connectivity index (χ0v) is 8.26. The van der Waals surface area contributed by atoms with Crippen LogP contribution in [0.2, 0.25) is 0 Å². The van der Waals surface area contributed by atoms with Crippen LogP contribution in [0.1, 0.15) is 23.7 Å². The fourth-order valence-electron chi connectivity index (χ4n) is 1.29. The van der Waals surface area contributed by atoms with Crippen LogP contribution in [0.5, 0.6) is 0 Å². The second-order valence-electron chi connectivity index (χ2n) is 3.33. The minimum atomic E-state index is -4.72. The third kappa shape index (κ3) is 2.93. The van der Waals surface area contributed by atoms with E-state index in [0.29, 0.717) is 12.1 Å². The molecule has 16 heavy (non-hydrogen) atoms. The minimum absolute atomic E-state index is 0.0935. The Labute approximate surface area is 89.7 Å². The normalized spacial score (nSPS) is 13.9. The van der Waals surface area contributed by atoms with Gasteiger partial charge in [-0.05, 0) is 30.7 Å². The zero-order valence-electron chi connectivity index (χ0n) is 8.26. The van der Waals surface area contributed by atoms with Crippen molar-refractivity contribution in [2.45, 2.75) is 18.7 Å². The Kier molecular flexibility index (Phi) is 3.88. The van der Waals surface area contributed by atoms with Gasteiger partial charge < -0.3 is 10.8 Å². The van der Waals surface area contributed by atoms with Crippen LogP contribution in [-0.4, -0.2) is 11.7 Å². The molecule has 0 spiro atoms. The summed E-state index contributed by atoms with van der Waals surface area (Å²) in [4.78, 5) is 0. The van der Waals surface area contributed by atoms with Gasteiger partial charge in [-0.1, -0.05) is 6.07 Å². The molecule has 0 fully saturated rings. The van der Waals surface area contributed by atoms with E-state index >= 15 is 0 Å². The maximum atomic E-state index is 13.1. The van der Waals surface area contributed by atoms with Crippen LogP contribution in [0.3, 0.4) is 0 Å². The summed E-state index contributed by atoms with van der Waals surface area (Å²) in [6.07, 6.45) is -5.59. The number of hydrogen-bond acceptors (Lipinski definition) is 2. The largest absolute Gasteiger partial charge is 0.419 e. The number of nitrogens with two attached hydrogens (primary N) is 1. The highest BCUT2D eigenvalue weighted by atomic mass is 19.4. The minimum Gasteiger partial charge on any atom is -0.388 e. The van der Waals surface area contributed by atoms with Crippen LogP contribution in [0.25, 0.3) is 0 Å². The quantitative estimate of drug-likeness (QED) is 0.792. The van der Waals surface area contributed by atoms with Crippen molar-refractivity contribution in [1.29, 1.82) is 0 Å². The predicted molar refractivity (Wildman–Crippen MR) is 50.0 cm³/mol. The maximum Gasteiger partial charge on any atom is 0.419 e. The van der Waals surface area contributed by atoms with Crippen LogP contribution in [0.15, 0.2) is 18.2 Å². The lowest BCUT2D eigenvalue weighted by atomic mass is 10.0. The molecule has 0 amide bonds. The topological polar surface area (TPSA) is 46.2 Å². The summed E-state index contributed by atoms with van der Waals surface area (Å²) in [5, 5.41) is 9.41. The van der Waals surface area contributed by atoms with Gasteiger partial charge in [0.2, 0.25) is 0 Å². The molecule has 0 saturated heterocycles. The summed E-state index contributed by atoms with van der Waals surface area (Å²) in [6, 6.07) is 2.35. The van der Waals surface area contributed by atoms with Crippen molar-refractivity contribution in [3.8, 4) is 0 Å². The number of alkyl halides is 3. The second kappa shape index (κ2) is 4.80. The van der Waals surface area contributed by atoms with Crippen molar-refractivity contribution < 1.29 is 22.7 Å². The Morgan fingerprint density at radius 2 is 1.94 bits per heavy atom. The van der Waals surface area contributed by atoms with Gasteiger partial charge in [-0.3, -0.25) is 0 Å². The molecular formula is C10H11F4NO. The first-order chi connectivity index (χ1) is 7.36. The lowest BCUT2D eigenvalue weighted by molar-refractivity contribution is -0.140. The molecule has 0 radical (unpaired) electrons. The summed E-state index contributed by atoms with van der Waals surface area (Å²) >= 11 is 0. The summed E-state index contributed by atoms with van der Waals surface area (Å²) < 4.78 is 49.7. The molecule has 0 aliphatic rings. The molecule has 0 aromatic heterocycles. The van der Waals surface area contributed by atoms with Gasteiger partial charge in [-0.2, -0.15) is 13.2 Å². The van der Waals surface area contributed by atoms with Crippen LogP contribution in [0.4, 0.5) is 17.6 Å². The first-order valence-corrected chi connectivity index (χ1v) is 4.61. The standard InChI is InChI=1S/C10H11F4NO/c11-8-5-6(9(16)3-4-15)1-2-7(8)10(12,13)14/h1-2,5,9,16H,3-4,15H2/t9-/m0/s1. The lowest BCUT2D eigenvalue weighted by Crippen LogP contribution is -2.11. The highest BCUT2D eigenvalue weighted by Gasteiger charge is 2.34. The van der Waals surface area contributed by atoms with Gasteiger partial charge in [0.1, 0.15) is 5.82 Å². The van der Waals surface area contributed by atoms with E-state index in [1.165, 1.54) is 0 Å². The van der Waals surface area contributed by atoms with Gasteiger partial charge >= 0.3 is 6.18 Å². The summed E-state index contributed by atoms with van der Waals surface area (Å²) in [5.41, 5.74) is 3.93. The molecule has 1 aromatic carbocycles. The number of halogens is 4. The van der Waals surface area contributed by atoms with Crippen molar-refractivity contribution in [2.24, 2.45) is 5.73 Å². The number of aliphatic hydroxyl groups excluding tert-OH is 1. The molecule has 1 aromatic rings. The maximum absolute atomic E-state index is 13.1. The SMILES string of the molecule is NCC[C@H](O)c1ccc(C(F)(F)F)c(F)c1. The Balaban J connectivity index is 3.00. The van der Waals surface area contributed by atoms with Crippen LogP contribution in [0, 0.1) is 5.82 Å². The highest BCUT2D eigenvalue weighted by Crippen LogP contribution is 2.32. The molecule has 3 N–H and O–H groups in total. The van der Waals surface area contributed by atoms with Gasteiger partial charge in [-0.15, -0.1) is 0 Å². The van der Waals surface area contributed by atoms with E-state index < -0.39 is 23.7 Å². The summed E-state index contributed by atoms with van der Waals surface area (Å²) in [7, 11) is 0. The highest BCUT2D eigenvalue weighted by molar-refractivity contribution is 5.27. The van der Waals surface area contributed by atoms with E-state index in [2.05, 4.69) is 0 Å². The number of rotatable bonds is 3. The van der Waals surface area contributed by atoms with Gasteiger partial charge in [0, 0.05) is 0 Å². The summed E-state index contributed by atoms with van der Waals surface area (Å²) in [5.74, 6) is -1.39. The number of hydrogen-bond donors (Lipinski definition) is 2. The van der Waals surface area contributed by atoms with Gasteiger partial charge in [0.25, 0.3) is 0 Å². The Morgan fingerprint density at radius 1 is 1.31 bits per heavy atom. The molecule has 6 heteroatoms. The third-order valence-corrected chi connectivity index (χ3v) is 2.12. The zero-order chi connectivity index (χ0) is 12.3. The van der Waals surface area contributed by atoms with E-state index in [1.54, 1.807) is 0 Å². The molecule has 1 rings (SSSR count). The van der Waals surface area contributed by atoms with Crippen LogP contribution in [-0.2, 0) is 6.18 Å². The van der Waals surface area contributed by atoms with Crippen molar-refractivity contribution in [3.05, 3.63) is 35.1 Å². The first kappa shape index (κ1) is 12.9. The third-order valence-electron chi connectivity index (χ3n) is 2.12. The molecule has 0 saturated carbocycles. The Bertz CT molecular complexity index is 364. The monoisotopic (exact) mass is 237 g/mol. The van der Waals surface area contributed by atoms with Crippen molar-refractivity contribution in [2.75, 3.05) is 6.54 Å². The number of aliphatic hydroxyl groups is 1. The van der Waals surface area contributed by atoms with E-state index in [9.17, 15) is 22.7 Å². The van der Waals surface area contributed by atoms with Crippen molar-refractivity contribution >= 4 is 0 Å². The molecule has 0 heterocycles. The fraction of sp³-hybridized carbons (Fsp3) is 0.400. The van der Waals surface area contributed by atoms with Crippen molar-refractivity contribution in [3.63, 3.8) is 0 Å². The first-order valence-electron chi connectivity index (χ1n) is 4.61. The molecule has 1 atom stereocenters. The predicted octanol–water partition coefficient (Wildman–Crippen LogP) is 2.23. The van der Waals surface area contributed by atoms with E-state index in [-0.39, 0.29) is 18.5 Å². The molecule has 0 aliphatic heterocycles. The van der Waals surface area contributed by atoms with E-state index in [4.69, 9.17) is 5.73 Å². The molecule has 0 aliphatic carbocycles. The van der Waals surface area contributed by atoms with E-state index in [0.717, 1.165) is 6.07 Å². The number of benzene rings is 1. The Hall–Kier alpha value is -1.14. The average Bonchev–Trinajstić information content (AvgIpc) is 2.16. The van der Waals surface area contributed by atoms with Gasteiger partial charge in [0.05, 0.1) is 11.7 Å². The molecule has 0 bridgehead atoms. The van der Waals surface area contributed by atoms with Gasteiger partial charge in [0.15, 0.2) is 0 Å². The average molecular weight is 237 g/mol. The summed E-state index contributed by atoms with van der Waals surface area (Å²) in [6.45, 7) is 0.170. The molecule has 2 nitrogen and oxygen atoms in total. The van der Waals surface area contributed by atoms with Crippen molar-refractivity contribution in [1.82, 2.24) is 0 Å². The second-order valence-corrected chi connectivity index (χ2v) is 3.33. The smallest absolute Gasteiger partial charge is 0.388 e.